The number of hydrogen-bond acceptors (Lipinski definition) is 6. The van der Waals surface area contributed by atoms with Crippen molar-refractivity contribution < 1.29 is 21.9 Å². The zero-order chi connectivity index (χ0) is 27.9. The fourth-order valence-electron chi connectivity index (χ4n) is 4.53. The Balaban J connectivity index is 1.53. The topological polar surface area (TPSA) is 106 Å². The Bertz CT molecular complexity index is 1740. The summed E-state index contributed by atoms with van der Waals surface area (Å²) in [4.78, 5) is 21.1. The Morgan fingerprint density at radius 3 is 2.62 bits per heavy atom. The molecule has 0 amide bonds. The van der Waals surface area contributed by atoms with E-state index >= 15 is 4.39 Å². The molecule has 0 radical (unpaired) electrons. The Morgan fingerprint density at radius 1 is 1.10 bits per heavy atom. The van der Waals surface area contributed by atoms with Gasteiger partial charge in [0.2, 0.25) is 0 Å². The van der Waals surface area contributed by atoms with E-state index in [0.717, 1.165) is 18.2 Å². The minimum atomic E-state index is -3.97. The summed E-state index contributed by atoms with van der Waals surface area (Å²) in [6.45, 7) is 1.67. The second-order valence-corrected chi connectivity index (χ2v) is 10.9. The first kappa shape index (κ1) is 26.7. The van der Waals surface area contributed by atoms with E-state index in [9.17, 15) is 17.6 Å². The largest absolute Gasteiger partial charge is 0.495 e. The number of pyridine rings is 1. The lowest BCUT2D eigenvalue weighted by Gasteiger charge is -2.30. The Morgan fingerprint density at radius 2 is 1.90 bits per heavy atom. The summed E-state index contributed by atoms with van der Waals surface area (Å²) >= 11 is 5.95. The van der Waals surface area contributed by atoms with Crippen molar-refractivity contribution in [3.63, 3.8) is 0 Å². The minimum absolute atomic E-state index is 0.0281. The third-order valence-electron chi connectivity index (χ3n) is 6.27. The number of fused-ring (bicyclic) bond motifs is 1. The van der Waals surface area contributed by atoms with E-state index in [1.54, 1.807) is 13.0 Å². The number of anilines is 1. The van der Waals surface area contributed by atoms with Crippen molar-refractivity contribution in [1.29, 1.82) is 0 Å². The molecule has 4 aromatic rings. The van der Waals surface area contributed by atoms with Crippen LogP contribution in [-0.2, 0) is 23.2 Å². The number of nitrogens with zero attached hydrogens (tertiary/aromatic N) is 4. The van der Waals surface area contributed by atoms with Crippen LogP contribution in [0.4, 0.5) is 14.6 Å². The maximum absolute atomic E-state index is 15.4. The van der Waals surface area contributed by atoms with E-state index in [2.05, 4.69) is 14.7 Å². The maximum Gasteiger partial charge on any atom is 0.303 e. The SMILES string of the molecule is COc1cc(-c2cc(F)cc(Cl)c2)c(F)cc1-n1c2c(ccc1=O)CN(S(=O)(=O)Nc1ccnc(C)n1)CC2. The molecule has 39 heavy (non-hydrogen) atoms. The van der Waals surface area contributed by atoms with Crippen LogP contribution in [0.5, 0.6) is 5.75 Å². The molecule has 9 nitrogen and oxygen atoms in total. The van der Waals surface area contributed by atoms with E-state index in [0.29, 0.717) is 17.1 Å². The van der Waals surface area contributed by atoms with Gasteiger partial charge in [0.05, 0.1) is 12.8 Å². The molecule has 0 unspecified atom stereocenters. The second kappa shape index (κ2) is 10.4. The van der Waals surface area contributed by atoms with Gasteiger partial charge in [-0.1, -0.05) is 17.7 Å². The van der Waals surface area contributed by atoms with E-state index in [-0.39, 0.29) is 52.9 Å². The second-order valence-electron chi connectivity index (χ2n) is 8.82. The first-order chi connectivity index (χ1) is 18.6. The van der Waals surface area contributed by atoms with Gasteiger partial charge in [-0.3, -0.25) is 14.1 Å². The molecule has 1 N–H and O–H groups in total. The van der Waals surface area contributed by atoms with Crippen molar-refractivity contribution in [3.05, 3.63) is 98.8 Å². The standard InChI is InChI=1S/C26H22ClF2N5O4S/c1-15-30-7-5-25(31-15)32-39(36,37)33-8-6-22-16(14-33)3-4-26(35)34(22)23-13-21(29)20(12-24(23)38-2)17-9-18(27)11-19(28)10-17/h3-5,7,9-13H,6,8,14H2,1-2H3,(H,30,31,32). The predicted octanol–water partition coefficient (Wildman–Crippen LogP) is 4.26. The molecular weight excluding hydrogens is 552 g/mol. The molecule has 2 aromatic heterocycles. The highest BCUT2D eigenvalue weighted by Crippen LogP contribution is 2.35. The molecular formula is C26H22ClF2N5O4S. The number of benzene rings is 2. The van der Waals surface area contributed by atoms with Crippen LogP contribution in [0.25, 0.3) is 16.8 Å². The van der Waals surface area contributed by atoms with Gasteiger partial charge >= 0.3 is 10.2 Å². The fraction of sp³-hybridized carbons (Fsp3) is 0.192. The molecule has 202 valence electrons. The molecule has 0 spiro atoms. The molecule has 1 aliphatic rings. The minimum Gasteiger partial charge on any atom is -0.495 e. The summed E-state index contributed by atoms with van der Waals surface area (Å²) in [7, 11) is -2.60. The lowest BCUT2D eigenvalue weighted by molar-refractivity contribution is 0.385. The van der Waals surface area contributed by atoms with Gasteiger partial charge in [-0.2, -0.15) is 12.7 Å². The van der Waals surface area contributed by atoms with Crippen molar-refractivity contribution in [2.45, 2.75) is 19.9 Å². The van der Waals surface area contributed by atoms with Crippen LogP contribution in [-0.4, -0.2) is 40.9 Å². The molecule has 2 aromatic carbocycles. The van der Waals surface area contributed by atoms with Gasteiger partial charge in [-0.15, -0.1) is 0 Å². The highest BCUT2D eigenvalue weighted by Gasteiger charge is 2.30. The van der Waals surface area contributed by atoms with Crippen LogP contribution in [0, 0.1) is 18.6 Å². The van der Waals surface area contributed by atoms with Gasteiger partial charge in [0.15, 0.2) is 0 Å². The maximum atomic E-state index is 15.4. The lowest BCUT2D eigenvalue weighted by atomic mass is 10.0. The number of aromatic nitrogens is 3. The molecule has 3 heterocycles. The normalized spacial score (nSPS) is 13.7. The molecule has 0 saturated carbocycles. The Labute approximate surface area is 227 Å². The van der Waals surface area contributed by atoms with E-state index < -0.39 is 27.4 Å². The highest BCUT2D eigenvalue weighted by atomic mass is 35.5. The average Bonchev–Trinajstić information content (AvgIpc) is 2.87. The molecule has 1 aliphatic heterocycles. The molecule has 0 atom stereocenters. The van der Waals surface area contributed by atoms with Crippen LogP contribution >= 0.6 is 11.6 Å². The van der Waals surface area contributed by atoms with Crippen molar-refractivity contribution in [2.24, 2.45) is 0 Å². The molecule has 0 bridgehead atoms. The molecule has 0 saturated heterocycles. The number of halogens is 3. The summed E-state index contributed by atoms with van der Waals surface area (Å²) in [5.41, 5.74) is 1.02. The quantitative estimate of drug-likeness (QED) is 0.369. The summed E-state index contributed by atoms with van der Waals surface area (Å²) < 4.78 is 65.9. The predicted molar refractivity (Wildman–Crippen MR) is 142 cm³/mol. The van der Waals surface area contributed by atoms with Gasteiger partial charge < -0.3 is 4.74 Å². The van der Waals surface area contributed by atoms with Crippen molar-refractivity contribution >= 4 is 27.6 Å². The molecule has 5 rings (SSSR count). The summed E-state index contributed by atoms with van der Waals surface area (Å²) in [6, 6.07) is 10.5. The van der Waals surface area contributed by atoms with Crippen molar-refractivity contribution in [1.82, 2.24) is 18.8 Å². The van der Waals surface area contributed by atoms with E-state index in [1.165, 1.54) is 46.4 Å². The number of aryl methyl sites for hydroxylation is 1. The number of rotatable bonds is 6. The van der Waals surface area contributed by atoms with E-state index in [1.807, 2.05) is 0 Å². The molecule has 0 aliphatic carbocycles. The smallest absolute Gasteiger partial charge is 0.303 e. The average molecular weight is 574 g/mol. The van der Waals surface area contributed by atoms with Crippen molar-refractivity contribution in [2.75, 3.05) is 18.4 Å². The fourth-order valence-corrected chi connectivity index (χ4v) is 5.90. The number of nitrogens with one attached hydrogen (secondary N) is 1. The van der Waals surface area contributed by atoms with Gasteiger partial charge in [0.25, 0.3) is 5.56 Å². The van der Waals surface area contributed by atoms with Crippen LogP contribution in [0.2, 0.25) is 5.02 Å². The molecule has 13 heteroatoms. The summed E-state index contributed by atoms with van der Waals surface area (Å²) in [5.74, 6) is -0.634. The lowest BCUT2D eigenvalue weighted by Crippen LogP contribution is -2.41. The summed E-state index contributed by atoms with van der Waals surface area (Å²) in [5, 5.41) is 0.102. The van der Waals surface area contributed by atoms with Gasteiger partial charge in [0.1, 0.15) is 29.0 Å². The van der Waals surface area contributed by atoms with Crippen LogP contribution in [0.3, 0.4) is 0 Å². The van der Waals surface area contributed by atoms with E-state index in [4.69, 9.17) is 16.3 Å². The number of methoxy groups -OCH3 is 1. The van der Waals surface area contributed by atoms with Gasteiger partial charge in [-0.25, -0.2) is 18.7 Å². The zero-order valence-corrected chi connectivity index (χ0v) is 22.4. The van der Waals surface area contributed by atoms with Gasteiger partial charge in [0, 0.05) is 54.1 Å². The monoisotopic (exact) mass is 573 g/mol. The zero-order valence-electron chi connectivity index (χ0n) is 20.8. The van der Waals surface area contributed by atoms with Crippen LogP contribution < -0.4 is 15.0 Å². The first-order valence-electron chi connectivity index (χ1n) is 11.7. The number of ether oxygens (including phenoxy) is 1. The Hall–Kier alpha value is -3.87. The number of hydrogen-bond donors (Lipinski definition) is 1. The molecule has 0 fully saturated rings. The summed E-state index contributed by atoms with van der Waals surface area (Å²) in [6.07, 6.45) is 1.62. The third-order valence-corrected chi connectivity index (χ3v) is 7.94. The Kier molecular flexibility index (Phi) is 7.10. The van der Waals surface area contributed by atoms with Crippen LogP contribution in [0.15, 0.2) is 59.5 Å². The van der Waals surface area contributed by atoms with Gasteiger partial charge in [-0.05, 0) is 48.4 Å². The third kappa shape index (κ3) is 5.35. The van der Waals surface area contributed by atoms with Crippen molar-refractivity contribution in [3.8, 4) is 22.6 Å². The highest BCUT2D eigenvalue weighted by molar-refractivity contribution is 7.90. The van der Waals surface area contributed by atoms with Crippen LogP contribution in [0.1, 0.15) is 17.1 Å². The first-order valence-corrected chi connectivity index (χ1v) is 13.5.